The Morgan fingerprint density at radius 1 is 1.11 bits per heavy atom. The lowest BCUT2D eigenvalue weighted by Crippen LogP contribution is -2.60. The molecule has 0 spiro atoms. The maximum absolute atomic E-state index is 13.5. The molecule has 4 bridgehead atoms. The molecule has 3 unspecified atom stereocenters. The highest BCUT2D eigenvalue weighted by Crippen LogP contribution is 2.69. The van der Waals surface area contributed by atoms with E-state index in [-0.39, 0.29) is 23.3 Å². The number of benzene rings is 1. The topological polar surface area (TPSA) is 58.2 Å². The zero-order valence-corrected chi connectivity index (χ0v) is 17.4. The number of carbonyl (C=O) groups excluding carboxylic acids is 2. The van der Waals surface area contributed by atoms with E-state index in [1.807, 2.05) is 12.1 Å². The van der Waals surface area contributed by atoms with E-state index in [1.165, 1.54) is 24.8 Å². The van der Waals surface area contributed by atoms with Gasteiger partial charge in [-0.05, 0) is 85.8 Å². The number of nitrogens with one attached hydrogen (secondary N) is 2. The van der Waals surface area contributed by atoms with Crippen molar-refractivity contribution in [3.8, 4) is 0 Å². The Morgan fingerprint density at radius 3 is 2.50 bits per heavy atom. The number of anilines is 1. The molecular weight excluding hydrogens is 348 g/mol. The standard InChI is InChI=1S/C24H32N2O2/c1-15(17-4-6-19-18(8-17)5-7-20(27)26-19)25-21(28)24-11-16-9-22(2,13-24)12-23(3,10-16)14-24/h4,6,8,15-16H,5,7,9-14H2,1-3H3,(H,25,28)(H,26,27). The number of carbonyl (C=O) groups is 2. The molecule has 3 atom stereocenters. The lowest BCUT2D eigenvalue weighted by molar-refractivity contribution is -0.170. The van der Waals surface area contributed by atoms with Gasteiger partial charge in [-0.25, -0.2) is 0 Å². The first-order chi connectivity index (χ1) is 13.2. The van der Waals surface area contributed by atoms with Gasteiger partial charge in [-0.3, -0.25) is 9.59 Å². The van der Waals surface area contributed by atoms with Crippen LogP contribution in [0.2, 0.25) is 0 Å². The van der Waals surface area contributed by atoms with Crippen LogP contribution in [0.3, 0.4) is 0 Å². The van der Waals surface area contributed by atoms with Crippen LogP contribution in [0, 0.1) is 22.2 Å². The molecule has 4 heteroatoms. The fraction of sp³-hybridized carbons (Fsp3) is 0.667. The van der Waals surface area contributed by atoms with Crippen LogP contribution in [0.25, 0.3) is 0 Å². The lowest BCUT2D eigenvalue weighted by atomic mass is 9.40. The van der Waals surface area contributed by atoms with Gasteiger partial charge in [-0.2, -0.15) is 0 Å². The minimum atomic E-state index is -0.167. The van der Waals surface area contributed by atoms with E-state index in [1.54, 1.807) is 0 Å². The van der Waals surface area contributed by atoms with Gasteiger partial charge in [0.15, 0.2) is 0 Å². The third-order valence-electron chi connectivity index (χ3n) is 7.98. The van der Waals surface area contributed by atoms with Gasteiger partial charge in [0, 0.05) is 12.1 Å². The minimum absolute atomic E-state index is 0.0101. The predicted octanol–water partition coefficient (Wildman–Crippen LogP) is 4.75. The van der Waals surface area contributed by atoms with Gasteiger partial charge in [-0.15, -0.1) is 0 Å². The summed E-state index contributed by atoms with van der Waals surface area (Å²) in [6.07, 6.45) is 8.41. The normalized spacial score (nSPS) is 39.2. The summed E-state index contributed by atoms with van der Waals surface area (Å²) in [6, 6.07) is 6.17. The zero-order chi connectivity index (χ0) is 19.7. The summed E-state index contributed by atoms with van der Waals surface area (Å²) in [5.74, 6) is 1.08. The molecule has 4 aliphatic carbocycles. The monoisotopic (exact) mass is 380 g/mol. The summed E-state index contributed by atoms with van der Waals surface area (Å²) in [7, 11) is 0. The summed E-state index contributed by atoms with van der Waals surface area (Å²) < 4.78 is 0. The summed E-state index contributed by atoms with van der Waals surface area (Å²) in [5.41, 5.74) is 3.75. The van der Waals surface area contributed by atoms with Gasteiger partial charge in [-0.1, -0.05) is 26.0 Å². The van der Waals surface area contributed by atoms with E-state index < -0.39 is 0 Å². The molecule has 4 fully saturated rings. The maximum atomic E-state index is 13.5. The van der Waals surface area contributed by atoms with E-state index in [0.717, 1.165) is 42.9 Å². The third-order valence-corrected chi connectivity index (χ3v) is 7.98. The molecule has 150 valence electrons. The Morgan fingerprint density at radius 2 is 1.82 bits per heavy atom. The first kappa shape index (κ1) is 18.2. The van der Waals surface area contributed by atoms with E-state index in [0.29, 0.717) is 17.3 Å². The van der Waals surface area contributed by atoms with Crippen LogP contribution >= 0.6 is 0 Å². The highest BCUT2D eigenvalue weighted by Gasteiger charge is 2.62. The van der Waals surface area contributed by atoms with E-state index in [9.17, 15) is 9.59 Å². The molecule has 1 aromatic carbocycles. The second-order valence-electron chi connectivity index (χ2n) is 11.1. The largest absolute Gasteiger partial charge is 0.349 e. The second-order valence-corrected chi connectivity index (χ2v) is 11.1. The molecular formula is C24H32N2O2. The fourth-order valence-corrected chi connectivity index (χ4v) is 7.81. The molecule has 4 nitrogen and oxygen atoms in total. The molecule has 1 heterocycles. The number of fused-ring (bicyclic) bond motifs is 1. The van der Waals surface area contributed by atoms with Crippen LogP contribution in [0.1, 0.15) is 82.9 Å². The Kier molecular flexibility index (Phi) is 3.80. The fourth-order valence-electron chi connectivity index (χ4n) is 7.81. The van der Waals surface area contributed by atoms with Crippen LogP contribution in [-0.4, -0.2) is 11.8 Å². The first-order valence-electron chi connectivity index (χ1n) is 10.9. The average molecular weight is 381 g/mol. The van der Waals surface area contributed by atoms with Crippen molar-refractivity contribution in [2.75, 3.05) is 5.32 Å². The van der Waals surface area contributed by atoms with Crippen LogP contribution < -0.4 is 10.6 Å². The Bertz CT molecular complexity index is 842. The Hall–Kier alpha value is -1.84. The van der Waals surface area contributed by atoms with Crippen LogP contribution in [0.4, 0.5) is 5.69 Å². The molecule has 2 N–H and O–H groups in total. The van der Waals surface area contributed by atoms with Crippen molar-refractivity contribution in [1.82, 2.24) is 5.32 Å². The Balaban J connectivity index is 1.35. The summed E-state index contributed by atoms with van der Waals surface area (Å²) in [4.78, 5) is 25.1. The molecule has 1 aliphatic heterocycles. The van der Waals surface area contributed by atoms with Gasteiger partial charge in [0.05, 0.1) is 11.5 Å². The minimum Gasteiger partial charge on any atom is -0.349 e. The molecule has 0 aromatic heterocycles. The quantitative estimate of drug-likeness (QED) is 0.795. The molecule has 1 aromatic rings. The highest BCUT2D eigenvalue weighted by molar-refractivity contribution is 5.94. The second kappa shape index (κ2) is 5.84. The highest BCUT2D eigenvalue weighted by atomic mass is 16.2. The van der Waals surface area contributed by atoms with Crippen LogP contribution in [-0.2, 0) is 16.0 Å². The smallest absolute Gasteiger partial charge is 0.226 e. The number of hydrogen-bond donors (Lipinski definition) is 2. The van der Waals surface area contributed by atoms with Gasteiger partial charge < -0.3 is 10.6 Å². The van der Waals surface area contributed by atoms with Gasteiger partial charge in [0.25, 0.3) is 0 Å². The molecule has 5 aliphatic rings. The SMILES string of the molecule is CC(NC(=O)C12CC3CC(C)(CC(C)(C3)C1)C2)c1ccc2c(c1)CCC(=O)N2. The van der Waals surface area contributed by atoms with Crippen LogP contribution in [0.5, 0.6) is 0 Å². The summed E-state index contributed by atoms with van der Waals surface area (Å²) >= 11 is 0. The molecule has 28 heavy (non-hydrogen) atoms. The van der Waals surface area contributed by atoms with Crippen molar-refractivity contribution < 1.29 is 9.59 Å². The van der Waals surface area contributed by atoms with E-state index >= 15 is 0 Å². The average Bonchev–Trinajstić information content (AvgIpc) is 2.58. The number of hydrogen-bond acceptors (Lipinski definition) is 2. The van der Waals surface area contributed by atoms with Gasteiger partial charge >= 0.3 is 0 Å². The van der Waals surface area contributed by atoms with Crippen molar-refractivity contribution in [3.05, 3.63) is 29.3 Å². The third kappa shape index (κ3) is 2.87. The number of aryl methyl sites for hydroxylation is 1. The number of amides is 2. The van der Waals surface area contributed by atoms with Crippen molar-refractivity contribution >= 4 is 17.5 Å². The zero-order valence-electron chi connectivity index (χ0n) is 17.4. The lowest BCUT2D eigenvalue weighted by Gasteiger charge is -2.64. The van der Waals surface area contributed by atoms with Crippen molar-refractivity contribution in [3.63, 3.8) is 0 Å². The van der Waals surface area contributed by atoms with Gasteiger partial charge in [0.1, 0.15) is 0 Å². The number of rotatable bonds is 3. The molecule has 2 amide bonds. The summed E-state index contributed by atoms with van der Waals surface area (Å²) in [5, 5.41) is 6.31. The Labute approximate surface area is 167 Å². The van der Waals surface area contributed by atoms with E-state index in [4.69, 9.17) is 0 Å². The molecule has 0 radical (unpaired) electrons. The maximum Gasteiger partial charge on any atom is 0.226 e. The van der Waals surface area contributed by atoms with Crippen molar-refractivity contribution in [1.29, 1.82) is 0 Å². The van der Waals surface area contributed by atoms with Gasteiger partial charge in [0.2, 0.25) is 11.8 Å². The van der Waals surface area contributed by atoms with E-state index in [2.05, 4.69) is 37.5 Å². The van der Waals surface area contributed by atoms with Crippen molar-refractivity contribution in [2.45, 2.75) is 78.2 Å². The predicted molar refractivity (Wildman–Crippen MR) is 110 cm³/mol. The molecule has 4 saturated carbocycles. The first-order valence-corrected chi connectivity index (χ1v) is 10.9. The van der Waals surface area contributed by atoms with Crippen LogP contribution in [0.15, 0.2) is 18.2 Å². The molecule has 0 saturated heterocycles. The molecule has 6 rings (SSSR count). The summed E-state index contributed by atoms with van der Waals surface area (Å²) in [6.45, 7) is 6.92. The van der Waals surface area contributed by atoms with Crippen molar-refractivity contribution in [2.24, 2.45) is 22.2 Å².